The fourth-order valence-corrected chi connectivity index (χ4v) is 5.18. The van der Waals surface area contributed by atoms with Gasteiger partial charge >= 0.3 is 0 Å². The molecule has 2 aliphatic rings. The quantitative estimate of drug-likeness (QED) is 0.537. The van der Waals surface area contributed by atoms with E-state index >= 15 is 0 Å². The van der Waals surface area contributed by atoms with Crippen LogP contribution in [0.5, 0.6) is 0 Å². The lowest BCUT2D eigenvalue weighted by molar-refractivity contribution is -0.128. The molecule has 2 aromatic carbocycles. The van der Waals surface area contributed by atoms with Gasteiger partial charge < -0.3 is 15.0 Å². The third kappa shape index (κ3) is 5.25. The van der Waals surface area contributed by atoms with Crippen LogP contribution in [0.25, 0.3) is 0 Å². The second-order valence-corrected chi connectivity index (χ2v) is 9.74. The van der Waals surface area contributed by atoms with Crippen LogP contribution in [0, 0.1) is 5.82 Å². The van der Waals surface area contributed by atoms with E-state index in [1.54, 1.807) is 47.5 Å². The molecule has 196 valence electrons. The number of carbonyl (C=O) groups excluding carboxylic acids is 3. The molecule has 3 aromatic rings. The number of pyridine rings is 1. The van der Waals surface area contributed by atoms with E-state index in [0.29, 0.717) is 42.2 Å². The maximum Gasteiger partial charge on any atom is 0.256 e. The Bertz CT molecular complexity index is 1350. The summed E-state index contributed by atoms with van der Waals surface area (Å²) in [5.41, 5.74) is 0.155. The van der Waals surface area contributed by atoms with Crippen molar-refractivity contribution >= 4 is 29.3 Å². The molecule has 8 nitrogen and oxygen atoms in total. The minimum atomic E-state index is -1.11. The zero-order valence-corrected chi connectivity index (χ0v) is 21.2. The highest BCUT2D eigenvalue weighted by atomic mass is 35.5. The Morgan fingerprint density at radius 2 is 1.74 bits per heavy atom. The summed E-state index contributed by atoms with van der Waals surface area (Å²) in [4.78, 5) is 47.4. The van der Waals surface area contributed by atoms with Gasteiger partial charge in [-0.1, -0.05) is 29.8 Å². The van der Waals surface area contributed by atoms with Crippen LogP contribution in [0.15, 0.2) is 72.9 Å². The van der Waals surface area contributed by atoms with Crippen LogP contribution in [-0.4, -0.2) is 64.0 Å². The maximum absolute atomic E-state index is 14.0. The third-order valence-corrected chi connectivity index (χ3v) is 7.16. The second kappa shape index (κ2) is 10.9. The lowest BCUT2D eigenvalue weighted by atomic mass is 9.96. The van der Waals surface area contributed by atoms with Crippen molar-refractivity contribution in [2.24, 2.45) is 0 Å². The SMILES string of the molecule is O=C(NCc1ccccn1)[C@@H]1COC2(CCN(C(=O)c3cccc(Cl)c3)CC2)N1C(=O)c1cccc(F)c1. The van der Waals surface area contributed by atoms with Crippen molar-refractivity contribution in [3.63, 3.8) is 0 Å². The summed E-state index contributed by atoms with van der Waals surface area (Å²) in [7, 11) is 0. The fourth-order valence-electron chi connectivity index (χ4n) is 4.99. The zero-order chi connectivity index (χ0) is 26.7. The molecule has 1 atom stereocenters. The van der Waals surface area contributed by atoms with Crippen molar-refractivity contribution in [3.05, 3.63) is 101 Å². The molecule has 3 heterocycles. The molecular formula is C28H26ClFN4O4. The first-order valence-corrected chi connectivity index (χ1v) is 12.7. The molecule has 2 saturated heterocycles. The first-order chi connectivity index (χ1) is 18.4. The summed E-state index contributed by atoms with van der Waals surface area (Å²) in [6.07, 6.45) is 2.22. The minimum absolute atomic E-state index is 0.0165. The highest BCUT2D eigenvalue weighted by molar-refractivity contribution is 6.30. The smallest absolute Gasteiger partial charge is 0.256 e. The average molecular weight is 537 g/mol. The van der Waals surface area contributed by atoms with Gasteiger partial charge in [-0.25, -0.2) is 4.39 Å². The molecule has 1 spiro atoms. The Kier molecular flexibility index (Phi) is 7.40. The van der Waals surface area contributed by atoms with Crippen LogP contribution in [0.1, 0.15) is 39.3 Å². The molecule has 0 radical (unpaired) electrons. The van der Waals surface area contributed by atoms with Gasteiger partial charge in [0.05, 0.1) is 18.8 Å². The molecule has 0 aliphatic carbocycles. The van der Waals surface area contributed by atoms with E-state index in [1.165, 1.54) is 23.1 Å². The number of piperidine rings is 1. The zero-order valence-electron chi connectivity index (χ0n) is 20.5. The van der Waals surface area contributed by atoms with Crippen LogP contribution in [0.3, 0.4) is 0 Å². The van der Waals surface area contributed by atoms with Gasteiger partial charge in [-0.2, -0.15) is 0 Å². The number of hydrogen-bond donors (Lipinski definition) is 1. The normalized spacial score (nSPS) is 18.4. The number of aromatic nitrogens is 1. The third-order valence-electron chi connectivity index (χ3n) is 6.93. The predicted octanol–water partition coefficient (Wildman–Crippen LogP) is 3.66. The number of nitrogens with one attached hydrogen (secondary N) is 1. The summed E-state index contributed by atoms with van der Waals surface area (Å²) in [6.45, 7) is 0.783. The van der Waals surface area contributed by atoms with Gasteiger partial charge in [0, 0.05) is 48.3 Å². The van der Waals surface area contributed by atoms with Crippen molar-refractivity contribution in [2.75, 3.05) is 19.7 Å². The molecule has 0 unspecified atom stereocenters. The number of halogens is 2. The molecule has 3 amide bonds. The number of ether oxygens (including phenoxy) is 1. The molecule has 5 rings (SSSR count). The van der Waals surface area contributed by atoms with Gasteiger partial charge in [0.1, 0.15) is 17.6 Å². The molecule has 1 N–H and O–H groups in total. The molecule has 2 fully saturated rings. The summed E-state index contributed by atoms with van der Waals surface area (Å²) in [5, 5.41) is 3.31. The fraction of sp³-hybridized carbons (Fsp3) is 0.286. The molecule has 10 heteroatoms. The Labute approximate surface area is 224 Å². The number of carbonyl (C=O) groups is 3. The van der Waals surface area contributed by atoms with Crippen LogP contribution >= 0.6 is 11.6 Å². The monoisotopic (exact) mass is 536 g/mol. The topological polar surface area (TPSA) is 91.8 Å². The van der Waals surface area contributed by atoms with Crippen molar-refractivity contribution in [2.45, 2.75) is 31.2 Å². The largest absolute Gasteiger partial charge is 0.353 e. The summed E-state index contributed by atoms with van der Waals surface area (Å²) >= 11 is 6.06. The molecule has 0 bridgehead atoms. The Morgan fingerprint density at radius 1 is 1.00 bits per heavy atom. The standard InChI is InChI=1S/C28H26ClFN4O4/c29-21-7-3-5-19(15-21)26(36)33-13-10-28(11-14-33)34(27(37)20-6-4-8-22(30)16-20)24(18-38-28)25(35)32-17-23-9-1-2-12-31-23/h1-9,12,15-16,24H,10-11,13-14,17-18H2,(H,32,35)/t24-/m0/s1. The van der Waals surface area contributed by atoms with Gasteiger partial charge in [-0.05, 0) is 48.5 Å². The van der Waals surface area contributed by atoms with Gasteiger partial charge in [0.25, 0.3) is 11.8 Å². The summed E-state index contributed by atoms with van der Waals surface area (Å²) in [5.74, 6) is -1.62. The number of benzene rings is 2. The van der Waals surface area contributed by atoms with Crippen LogP contribution in [-0.2, 0) is 16.1 Å². The Hall–Kier alpha value is -3.82. The van der Waals surface area contributed by atoms with Crippen LogP contribution in [0.2, 0.25) is 5.02 Å². The van der Waals surface area contributed by atoms with E-state index in [2.05, 4.69) is 10.3 Å². The Morgan fingerprint density at radius 3 is 2.42 bits per heavy atom. The van der Waals surface area contributed by atoms with Crippen molar-refractivity contribution < 1.29 is 23.5 Å². The van der Waals surface area contributed by atoms with Crippen molar-refractivity contribution in [3.8, 4) is 0 Å². The first-order valence-electron chi connectivity index (χ1n) is 12.3. The number of likely N-dealkylation sites (tertiary alicyclic amines) is 1. The lowest BCUT2D eigenvalue weighted by Gasteiger charge is -2.44. The van der Waals surface area contributed by atoms with E-state index in [-0.39, 0.29) is 24.6 Å². The molecule has 38 heavy (non-hydrogen) atoms. The minimum Gasteiger partial charge on any atom is -0.353 e. The highest BCUT2D eigenvalue weighted by Gasteiger charge is 2.54. The van der Waals surface area contributed by atoms with E-state index in [4.69, 9.17) is 16.3 Å². The molecule has 1 aromatic heterocycles. The maximum atomic E-state index is 14.0. The van der Waals surface area contributed by atoms with E-state index in [0.717, 1.165) is 6.07 Å². The average Bonchev–Trinajstić information content (AvgIpc) is 3.30. The van der Waals surface area contributed by atoms with Gasteiger partial charge in [-0.3, -0.25) is 24.3 Å². The summed E-state index contributed by atoms with van der Waals surface area (Å²) < 4.78 is 20.2. The van der Waals surface area contributed by atoms with Gasteiger partial charge in [0.15, 0.2) is 0 Å². The van der Waals surface area contributed by atoms with Crippen LogP contribution in [0.4, 0.5) is 4.39 Å². The van der Waals surface area contributed by atoms with Crippen molar-refractivity contribution in [1.29, 1.82) is 0 Å². The Balaban J connectivity index is 1.37. The van der Waals surface area contributed by atoms with E-state index < -0.39 is 29.4 Å². The number of rotatable bonds is 5. The first kappa shape index (κ1) is 25.8. The van der Waals surface area contributed by atoms with E-state index in [9.17, 15) is 18.8 Å². The van der Waals surface area contributed by atoms with Gasteiger partial charge in [0.2, 0.25) is 5.91 Å². The second-order valence-electron chi connectivity index (χ2n) is 9.30. The highest BCUT2D eigenvalue weighted by Crippen LogP contribution is 2.39. The van der Waals surface area contributed by atoms with Gasteiger partial charge in [-0.15, -0.1) is 0 Å². The number of nitrogens with zero attached hydrogens (tertiary/aromatic N) is 3. The molecular weight excluding hydrogens is 511 g/mol. The van der Waals surface area contributed by atoms with E-state index in [1.807, 2.05) is 6.07 Å². The predicted molar refractivity (Wildman–Crippen MR) is 138 cm³/mol. The molecule has 0 saturated carbocycles. The number of hydrogen-bond acceptors (Lipinski definition) is 5. The van der Waals surface area contributed by atoms with Crippen molar-refractivity contribution in [1.82, 2.24) is 20.1 Å². The molecule has 2 aliphatic heterocycles. The summed E-state index contributed by atoms with van der Waals surface area (Å²) in [6, 6.07) is 16.6. The lowest BCUT2D eigenvalue weighted by Crippen LogP contribution is -2.59. The van der Waals surface area contributed by atoms with Crippen LogP contribution < -0.4 is 5.32 Å². The number of amides is 3.